The summed E-state index contributed by atoms with van der Waals surface area (Å²) in [5.74, 6) is 0.566. The Balaban J connectivity index is 0.00000294. The summed E-state index contributed by atoms with van der Waals surface area (Å²) in [5.41, 5.74) is 5.70. The second kappa shape index (κ2) is 11.7. The zero-order valence-electron chi connectivity index (χ0n) is 21.0. The molecule has 1 aliphatic rings. The van der Waals surface area contributed by atoms with Crippen molar-refractivity contribution >= 4 is 56.2 Å². The maximum absolute atomic E-state index is 13.0. The monoisotopic (exact) mass is 561 g/mol. The van der Waals surface area contributed by atoms with Crippen LogP contribution in [0.3, 0.4) is 0 Å². The van der Waals surface area contributed by atoms with Crippen LogP contribution < -0.4 is 10.1 Å². The minimum Gasteiger partial charge on any atom is -0.483 e. The molecular formula is C30H28ClN3O2S2. The normalized spacial score (nSPS) is 13.1. The number of halogens is 1. The number of benzene rings is 3. The van der Waals surface area contributed by atoms with Crippen LogP contribution in [-0.4, -0.2) is 28.9 Å². The number of thiophene rings is 1. The number of hydrogen-bond acceptors (Lipinski definition) is 6. The number of nitrogens with one attached hydrogen (secondary N) is 1. The smallest absolute Gasteiger partial charge is 0.262 e. The fourth-order valence-corrected chi connectivity index (χ4v) is 7.17. The summed E-state index contributed by atoms with van der Waals surface area (Å²) in [6.45, 7) is 4.70. The molecule has 38 heavy (non-hydrogen) atoms. The van der Waals surface area contributed by atoms with E-state index in [0.29, 0.717) is 0 Å². The molecule has 0 saturated heterocycles. The molecule has 1 amide bonds. The molecule has 0 atom stereocenters. The quantitative estimate of drug-likeness (QED) is 0.226. The van der Waals surface area contributed by atoms with Crippen LogP contribution in [0.25, 0.3) is 20.8 Å². The molecule has 0 aliphatic carbocycles. The van der Waals surface area contributed by atoms with E-state index >= 15 is 0 Å². The number of anilines is 1. The van der Waals surface area contributed by atoms with E-state index in [9.17, 15) is 4.79 Å². The zero-order valence-corrected chi connectivity index (χ0v) is 23.4. The van der Waals surface area contributed by atoms with Crippen molar-refractivity contribution in [3.63, 3.8) is 0 Å². The first-order valence-electron chi connectivity index (χ1n) is 12.4. The van der Waals surface area contributed by atoms with Gasteiger partial charge in [0.1, 0.15) is 15.8 Å². The molecule has 0 radical (unpaired) electrons. The van der Waals surface area contributed by atoms with E-state index in [2.05, 4.69) is 46.6 Å². The van der Waals surface area contributed by atoms with E-state index in [1.54, 1.807) is 22.7 Å². The van der Waals surface area contributed by atoms with Crippen molar-refractivity contribution in [2.24, 2.45) is 0 Å². The van der Waals surface area contributed by atoms with Crippen LogP contribution in [0.4, 0.5) is 5.00 Å². The number of amides is 1. The van der Waals surface area contributed by atoms with Crippen molar-refractivity contribution < 1.29 is 9.53 Å². The third-order valence-corrected chi connectivity index (χ3v) is 8.78. The first-order chi connectivity index (χ1) is 18.1. The third-order valence-electron chi connectivity index (χ3n) is 6.60. The fraction of sp³-hybridized carbons (Fsp3) is 0.200. The molecule has 5 nitrogen and oxygen atoms in total. The third kappa shape index (κ3) is 5.61. The number of thiazole rings is 1. The highest BCUT2D eigenvalue weighted by molar-refractivity contribution is 7.22. The van der Waals surface area contributed by atoms with Gasteiger partial charge in [0.2, 0.25) is 0 Å². The molecule has 0 fully saturated rings. The fourth-order valence-electron chi connectivity index (χ4n) is 4.75. The lowest BCUT2D eigenvalue weighted by Gasteiger charge is -2.27. The van der Waals surface area contributed by atoms with Gasteiger partial charge in [-0.25, -0.2) is 4.98 Å². The average Bonchev–Trinajstić information content (AvgIpc) is 3.49. The Kier molecular flexibility index (Phi) is 8.09. The van der Waals surface area contributed by atoms with Gasteiger partial charge in [-0.05, 0) is 48.2 Å². The number of aromatic nitrogens is 1. The van der Waals surface area contributed by atoms with Crippen molar-refractivity contribution in [1.82, 2.24) is 9.88 Å². The van der Waals surface area contributed by atoms with Gasteiger partial charge in [-0.3, -0.25) is 9.69 Å². The predicted octanol–water partition coefficient (Wildman–Crippen LogP) is 7.33. The Morgan fingerprint density at radius 3 is 2.58 bits per heavy atom. The van der Waals surface area contributed by atoms with E-state index in [-0.39, 0.29) is 24.9 Å². The molecule has 2 aromatic heterocycles. The molecule has 5 aromatic rings. The summed E-state index contributed by atoms with van der Waals surface area (Å²) < 4.78 is 6.97. The maximum Gasteiger partial charge on any atom is 0.262 e. The summed E-state index contributed by atoms with van der Waals surface area (Å²) >= 11 is 3.36. The topological polar surface area (TPSA) is 54.5 Å². The molecule has 3 aromatic carbocycles. The molecule has 0 saturated carbocycles. The summed E-state index contributed by atoms with van der Waals surface area (Å²) in [6.07, 6.45) is 0.930. The molecule has 0 unspecified atom stereocenters. The van der Waals surface area contributed by atoms with Gasteiger partial charge in [-0.2, -0.15) is 0 Å². The second-order valence-electron chi connectivity index (χ2n) is 9.24. The van der Waals surface area contributed by atoms with Crippen molar-refractivity contribution in [3.8, 4) is 16.3 Å². The lowest BCUT2D eigenvalue weighted by molar-refractivity contribution is -0.118. The van der Waals surface area contributed by atoms with Crippen LogP contribution in [0.1, 0.15) is 21.6 Å². The lowest BCUT2D eigenvalue weighted by atomic mass is 10.0. The van der Waals surface area contributed by atoms with Gasteiger partial charge in [-0.1, -0.05) is 60.7 Å². The van der Waals surface area contributed by atoms with Gasteiger partial charge in [0.05, 0.1) is 10.2 Å². The first kappa shape index (κ1) is 26.4. The van der Waals surface area contributed by atoms with E-state index in [1.165, 1.54) is 16.0 Å². The number of rotatable bonds is 7. The van der Waals surface area contributed by atoms with Gasteiger partial charge in [-0.15, -0.1) is 35.1 Å². The summed E-state index contributed by atoms with van der Waals surface area (Å²) in [7, 11) is 0. The van der Waals surface area contributed by atoms with Crippen LogP contribution in [0.5, 0.6) is 5.75 Å². The van der Waals surface area contributed by atoms with Crippen LogP contribution in [-0.2, 0) is 24.3 Å². The molecule has 1 aliphatic heterocycles. The first-order valence-corrected chi connectivity index (χ1v) is 14.0. The summed E-state index contributed by atoms with van der Waals surface area (Å²) in [5, 5.41) is 5.00. The SMILES string of the molecule is Cc1ccccc1OCC(=O)Nc1sc2c(c1-c1nc3ccccc3s1)CCN(Cc1ccccc1)C2.Cl. The highest BCUT2D eigenvalue weighted by Gasteiger charge is 2.28. The molecule has 8 heteroatoms. The molecular weight excluding hydrogens is 534 g/mol. The Hall–Kier alpha value is -3.23. The highest BCUT2D eigenvalue weighted by Crippen LogP contribution is 2.45. The minimum absolute atomic E-state index is 0. The molecule has 194 valence electrons. The second-order valence-corrected chi connectivity index (χ2v) is 11.4. The predicted molar refractivity (Wildman–Crippen MR) is 160 cm³/mol. The molecule has 3 heterocycles. The lowest BCUT2D eigenvalue weighted by Crippen LogP contribution is -2.29. The number of ether oxygens (including phenoxy) is 1. The van der Waals surface area contributed by atoms with Gasteiger partial charge < -0.3 is 10.1 Å². The number of hydrogen-bond donors (Lipinski definition) is 1. The van der Waals surface area contributed by atoms with Crippen LogP contribution in [0.15, 0.2) is 78.9 Å². The highest BCUT2D eigenvalue weighted by atomic mass is 35.5. The molecule has 1 N–H and O–H groups in total. The van der Waals surface area contributed by atoms with Crippen LogP contribution in [0, 0.1) is 6.92 Å². The van der Waals surface area contributed by atoms with Crippen molar-refractivity contribution in [1.29, 1.82) is 0 Å². The zero-order chi connectivity index (χ0) is 25.2. The number of para-hydroxylation sites is 2. The van der Waals surface area contributed by atoms with Gasteiger partial charge in [0.25, 0.3) is 5.91 Å². The van der Waals surface area contributed by atoms with Crippen LogP contribution >= 0.6 is 35.1 Å². The number of aryl methyl sites for hydroxylation is 1. The molecule has 0 bridgehead atoms. The summed E-state index contributed by atoms with van der Waals surface area (Å²) in [4.78, 5) is 21.7. The number of carbonyl (C=O) groups is 1. The average molecular weight is 562 g/mol. The van der Waals surface area contributed by atoms with Gasteiger partial charge in [0, 0.05) is 30.1 Å². The van der Waals surface area contributed by atoms with Gasteiger partial charge in [0.15, 0.2) is 6.61 Å². The molecule has 0 spiro atoms. The van der Waals surface area contributed by atoms with E-state index < -0.39 is 0 Å². The largest absolute Gasteiger partial charge is 0.483 e. The van der Waals surface area contributed by atoms with Gasteiger partial charge >= 0.3 is 0 Å². The van der Waals surface area contributed by atoms with Crippen molar-refractivity contribution in [2.45, 2.75) is 26.4 Å². The van der Waals surface area contributed by atoms with E-state index in [4.69, 9.17) is 9.72 Å². The maximum atomic E-state index is 13.0. The molecule has 6 rings (SSSR count). The number of carbonyl (C=O) groups excluding carboxylic acids is 1. The Morgan fingerprint density at radius 2 is 1.76 bits per heavy atom. The van der Waals surface area contributed by atoms with Crippen LogP contribution in [0.2, 0.25) is 0 Å². The number of fused-ring (bicyclic) bond motifs is 2. The number of nitrogens with zero attached hydrogens (tertiary/aromatic N) is 2. The Morgan fingerprint density at radius 1 is 1.00 bits per heavy atom. The van der Waals surface area contributed by atoms with E-state index in [1.807, 2.05) is 49.4 Å². The van der Waals surface area contributed by atoms with Crippen molar-refractivity contribution in [2.75, 3.05) is 18.5 Å². The Bertz CT molecular complexity index is 1530. The van der Waals surface area contributed by atoms with Crippen molar-refractivity contribution in [3.05, 3.63) is 100 Å². The van der Waals surface area contributed by atoms with E-state index in [0.717, 1.165) is 63.2 Å². The minimum atomic E-state index is -0.162. The Labute approximate surface area is 236 Å². The summed E-state index contributed by atoms with van der Waals surface area (Å²) in [6, 6.07) is 26.5. The standard InChI is InChI=1S/C30H27N3O2S2.ClH/c1-20-9-5-7-13-24(20)35-19-27(34)32-30-28(29-31-23-12-6-8-14-25(23)36-29)22-15-16-33(18-26(22)37-30)17-21-10-3-2-4-11-21;/h2-14H,15-19H2,1H3,(H,32,34);1H.